The van der Waals surface area contributed by atoms with Crippen molar-refractivity contribution in [3.05, 3.63) is 70.6 Å². The lowest BCUT2D eigenvalue weighted by molar-refractivity contribution is -0.120. The quantitative estimate of drug-likeness (QED) is 0.858. The predicted molar refractivity (Wildman–Crippen MR) is 91.2 cm³/mol. The van der Waals surface area contributed by atoms with E-state index in [0.29, 0.717) is 11.4 Å². The molecule has 1 heterocycles. The zero-order valence-electron chi connectivity index (χ0n) is 12.8. The smallest absolute Gasteiger partial charge is 0.283 e. The minimum Gasteiger partial charge on any atom is -0.350 e. The zero-order chi connectivity index (χ0) is 17.3. The van der Waals surface area contributed by atoms with Crippen molar-refractivity contribution in [3.63, 3.8) is 0 Å². The van der Waals surface area contributed by atoms with E-state index < -0.39 is 17.6 Å². The Kier molecular flexibility index (Phi) is 4.36. The second kappa shape index (κ2) is 6.45. The Morgan fingerprint density at radius 2 is 1.62 bits per heavy atom. The van der Waals surface area contributed by atoms with Gasteiger partial charge in [-0.3, -0.25) is 9.59 Å². The summed E-state index contributed by atoms with van der Waals surface area (Å²) in [4.78, 5) is 25.9. The van der Waals surface area contributed by atoms with Crippen LogP contribution in [0.1, 0.15) is 12.5 Å². The molecule has 0 atom stereocenters. The largest absolute Gasteiger partial charge is 0.350 e. The Morgan fingerprint density at radius 3 is 2.21 bits per heavy atom. The maximum absolute atomic E-state index is 13.0. The fourth-order valence-corrected chi connectivity index (χ4v) is 2.62. The maximum Gasteiger partial charge on any atom is 0.283 e. The van der Waals surface area contributed by atoms with Gasteiger partial charge in [0.1, 0.15) is 16.5 Å². The maximum atomic E-state index is 13.0. The molecule has 1 aliphatic heterocycles. The third kappa shape index (κ3) is 2.90. The first-order valence-electron chi connectivity index (χ1n) is 7.41. The van der Waals surface area contributed by atoms with Gasteiger partial charge in [0, 0.05) is 5.69 Å². The van der Waals surface area contributed by atoms with Crippen LogP contribution < -0.4 is 10.2 Å². The van der Waals surface area contributed by atoms with Crippen LogP contribution in [0, 0.1) is 5.82 Å². The zero-order valence-corrected chi connectivity index (χ0v) is 13.6. The fourth-order valence-electron chi connectivity index (χ4n) is 2.40. The van der Waals surface area contributed by atoms with Crippen molar-refractivity contribution < 1.29 is 14.0 Å². The summed E-state index contributed by atoms with van der Waals surface area (Å²) in [6.07, 6.45) is 0.860. The van der Waals surface area contributed by atoms with Crippen LogP contribution in [0.4, 0.5) is 15.8 Å². The molecule has 122 valence electrons. The van der Waals surface area contributed by atoms with Gasteiger partial charge >= 0.3 is 0 Å². The SMILES string of the molecule is CCc1ccc(N2C(=O)C(Cl)=C(Nc3ccc(F)cc3)C2=O)cc1. The number of benzene rings is 2. The number of anilines is 2. The van der Waals surface area contributed by atoms with Crippen LogP contribution in [0.5, 0.6) is 0 Å². The van der Waals surface area contributed by atoms with Crippen molar-refractivity contribution >= 4 is 34.8 Å². The normalized spacial score (nSPS) is 14.5. The topological polar surface area (TPSA) is 49.4 Å². The molecule has 0 unspecified atom stereocenters. The third-order valence-electron chi connectivity index (χ3n) is 3.74. The van der Waals surface area contributed by atoms with Crippen LogP contribution in [0.2, 0.25) is 0 Å². The van der Waals surface area contributed by atoms with Gasteiger partial charge in [0.25, 0.3) is 11.8 Å². The summed E-state index contributed by atoms with van der Waals surface area (Å²) in [5.74, 6) is -1.53. The van der Waals surface area contributed by atoms with Crippen molar-refractivity contribution in [3.8, 4) is 0 Å². The van der Waals surface area contributed by atoms with E-state index in [1.807, 2.05) is 19.1 Å². The molecule has 6 heteroatoms. The van der Waals surface area contributed by atoms with Crippen molar-refractivity contribution in [1.29, 1.82) is 0 Å². The Labute approximate surface area is 143 Å². The molecule has 0 aromatic heterocycles. The summed E-state index contributed by atoms with van der Waals surface area (Å²) in [5, 5.41) is 2.60. The van der Waals surface area contributed by atoms with Gasteiger partial charge in [-0.15, -0.1) is 0 Å². The first-order valence-corrected chi connectivity index (χ1v) is 7.79. The molecule has 2 aromatic carbocycles. The van der Waals surface area contributed by atoms with Crippen molar-refractivity contribution in [2.75, 3.05) is 10.2 Å². The lowest BCUT2D eigenvalue weighted by Gasteiger charge is -2.15. The summed E-state index contributed by atoms with van der Waals surface area (Å²) < 4.78 is 13.0. The lowest BCUT2D eigenvalue weighted by Crippen LogP contribution is -2.32. The number of aryl methyl sites for hydroxylation is 1. The van der Waals surface area contributed by atoms with Crippen molar-refractivity contribution in [2.24, 2.45) is 0 Å². The summed E-state index contributed by atoms with van der Waals surface area (Å²) in [5.41, 5.74) is 2.00. The number of imide groups is 1. The van der Waals surface area contributed by atoms with Gasteiger partial charge in [0.2, 0.25) is 0 Å². The first kappa shape index (κ1) is 16.2. The van der Waals surface area contributed by atoms with E-state index in [9.17, 15) is 14.0 Å². The predicted octanol–water partition coefficient (Wildman–Crippen LogP) is 3.82. The molecule has 4 nitrogen and oxygen atoms in total. The Hall–Kier alpha value is -2.66. The summed E-state index contributed by atoms with van der Waals surface area (Å²) in [6.45, 7) is 2.02. The molecule has 0 saturated heterocycles. The molecule has 0 radical (unpaired) electrons. The number of halogens is 2. The van der Waals surface area contributed by atoms with E-state index in [1.54, 1.807) is 12.1 Å². The highest BCUT2D eigenvalue weighted by Crippen LogP contribution is 2.30. The highest BCUT2D eigenvalue weighted by molar-refractivity contribution is 6.53. The van der Waals surface area contributed by atoms with Gasteiger partial charge < -0.3 is 5.32 Å². The molecule has 1 N–H and O–H groups in total. The number of hydrogen-bond acceptors (Lipinski definition) is 3. The molecular formula is C18H14ClFN2O2. The van der Waals surface area contributed by atoms with Gasteiger partial charge in [-0.1, -0.05) is 30.7 Å². The van der Waals surface area contributed by atoms with E-state index in [-0.39, 0.29) is 10.7 Å². The van der Waals surface area contributed by atoms with E-state index in [0.717, 1.165) is 16.9 Å². The number of nitrogens with zero attached hydrogens (tertiary/aromatic N) is 1. The molecule has 0 spiro atoms. The second-order valence-electron chi connectivity index (χ2n) is 5.29. The number of rotatable bonds is 4. The average molecular weight is 345 g/mol. The average Bonchev–Trinajstić information content (AvgIpc) is 2.80. The molecule has 2 aromatic rings. The fraction of sp³-hybridized carbons (Fsp3) is 0.111. The molecule has 2 amide bonds. The molecule has 3 rings (SSSR count). The van der Waals surface area contributed by atoms with E-state index in [2.05, 4.69) is 5.32 Å². The Morgan fingerprint density at radius 1 is 1.00 bits per heavy atom. The van der Waals surface area contributed by atoms with Crippen LogP contribution in [0.25, 0.3) is 0 Å². The van der Waals surface area contributed by atoms with Crippen molar-refractivity contribution in [2.45, 2.75) is 13.3 Å². The number of amides is 2. The molecule has 0 saturated carbocycles. The first-order chi connectivity index (χ1) is 11.5. The van der Waals surface area contributed by atoms with Gasteiger partial charge in [0.15, 0.2) is 0 Å². The lowest BCUT2D eigenvalue weighted by atomic mass is 10.1. The van der Waals surface area contributed by atoms with Crippen LogP contribution in [-0.2, 0) is 16.0 Å². The minimum absolute atomic E-state index is 0.0205. The van der Waals surface area contributed by atoms with Crippen LogP contribution in [0.15, 0.2) is 59.3 Å². The monoisotopic (exact) mass is 344 g/mol. The van der Waals surface area contributed by atoms with E-state index >= 15 is 0 Å². The third-order valence-corrected chi connectivity index (χ3v) is 4.09. The molecule has 0 aliphatic carbocycles. The van der Waals surface area contributed by atoms with Gasteiger partial charge in [0.05, 0.1) is 5.69 Å². The van der Waals surface area contributed by atoms with E-state index in [4.69, 9.17) is 11.6 Å². The Bertz CT molecular complexity index is 829. The molecule has 0 bridgehead atoms. The summed E-state index contributed by atoms with van der Waals surface area (Å²) in [7, 11) is 0. The molecule has 24 heavy (non-hydrogen) atoms. The highest BCUT2D eigenvalue weighted by Gasteiger charge is 2.38. The van der Waals surface area contributed by atoms with Gasteiger partial charge in [-0.25, -0.2) is 9.29 Å². The van der Waals surface area contributed by atoms with Gasteiger partial charge in [-0.2, -0.15) is 0 Å². The molecule has 0 fully saturated rings. The van der Waals surface area contributed by atoms with Crippen molar-refractivity contribution in [1.82, 2.24) is 0 Å². The molecule has 1 aliphatic rings. The Balaban J connectivity index is 1.87. The van der Waals surface area contributed by atoms with Gasteiger partial charge in [-0.05, 0) is 48.4 Å². The van der Waals surface area contributed by atoms with Crippen LogP contribution in [0.3, 0.4) is 0 Å². The number of carbonyl (C=O) groups is 2. The number of hydrogen-bond donors (Lipinski definition) is 1. The summed E-state index contributed by atoms with van der Waals surface area (Å²) >= 11 is 6.04. The van der Waals surface area contributed by atoms with E-state index in [1.165, 1.54) is 24.3 Å². The highest BCUT2D eigenvalue weighted by atomic mass is 35.5. The minimum atomic E-state index is -0.587. The number of nitrogens with one attached hydrogen (secondary N) is 1. The van der Waals surface area contributed by atoms with Crippen LogP contribution >= 0.6 is 11.6 Å². The van der Waals surface area contributed by atoms with Crippen LogP contribution in [-0.4, -0.2) is 11.8 Å². The number of carbonyl (C=O) groups excluding carboxylic acids is 2. The summed E-state index contributed by atoms with van der Waals surface area (Å²) in [6, 6.07) is 12.5. The standard InChI is InChI=1S/C18H14ClFN2O2/c1-2-11-3-9-14(10-4-11)22-17(23)15(19)16(18(22)24)21-13-7-5-12(20)6-8-13/h3-10,21H,2H2,1H3. The molecular weight excluding hydrogens is 331 g/mol. The second-order valence-corrected chi connectivity index (χ2v) is 5.66.